The first-order valence-corrected chi connectivity index (χ1v) is 8.07. The summed E-state index contributed by atoms with van der Waals surface area (Å²) in [5, 5.41) is 2.79. The van der Waals surface area contributed by atoms with Crippen LogP contribution in [0.2, 0.25) is 0 Å². The first kappa shape index (κ1) is 17.3. The summed E-state index contributed by atoms with van der Waals surface area (Å²) < 4.78 is 0. The molecule has 0 aromatic carbocycles. The second-order valence-corrected chi connectivity index (χ2v) is 7.21. The third-order valence-corrected chi connectivity index (χ3v) is 4.39. The van der Waals surface area contributed by atoms with Gasteiger partial charge in [0, 0.05) is 28.6 Å². The predicted octanol–water partition coefficient (Wildman–Crippen LogP) is 3.61. The van der Waals surface area contributed by atoms with E-state index in [4.69, 9.17) is 0 Å². The summed E-state index contributed by atoms with van der Waals surface area (Å²) in [7, 11) is 0. The van der Waals surface area contributed by atoms with Gasteiger partial charge in [-0.25, -0.2) is 0 Å². The number of anilines is 1. The number of rotatable bonds is 4. The number of aldehydes is 1. The van der Waals surface area contributed by atoms with Crippen LogP contribution in [0, 0.1) is 5.41 Å². The van der Waals surface area contributed by atoms with E-state index in [0.717, 1.165) is 37.7 Å². The van der Waals surface area contributed by atoms with Gasteiger partial charge in [0.1, 0.15) is 0 Å². The molecule has 0 atom stereocenters. The normalized spacial score (nSPS) is 21.5. The molecule has 0 radical (unpaired) electrons. The molecule has 5 nitrogen and oxygen atoms in total. The minimum Gasteiger partial charge on any atom is -0.324 e. The fourth-order valence-electron chi connectivity index (χ4n) is 2.78. The van der Waals surface area contributed by atoms with Crippen LogP contribution >= 0.6 is 0 Å². The number of amides is 1. The van der Waals surface area contributed by atoms with Crippen molar-refractivity contribution >= 4 is 24.6 Å². The molecule has 0 spiro atoms. The highest BCUT2D eigenvalue weighted by Gasteiger charge is 2.25. The van der Waals surface area contributed by atoms with Crippen LogP contribution in [0.25, 0.3) is 0 Å². The lowest BCUT2D eigenvalue weighted by molar-refractivity contribution is -0.123. The Morgan fingerprint density at radius 2 is 2.00 bits per heavy atom. The second kappa shape index (κ2) is 7.02. The van der Waals surface area contributed by atoms with Crippen LogP contribution in [-0.4, -0.2) is 29.9 Å². The van der Waals surface area contributed by atoms with Crippen molar-refractivity contribution in [2.24, 2.45) is 10.4 Å². The van der Waals surface area contributed by atoms with Crippen molar-refractivity contribution in [3.63, 3.8) is 0 Å². The van der Waals surface area contributed by atoms with Crippen LogP contribution in [-0.2, 0) is 4.79 Å². The van der Waals surface area contributed by atoms with Gasteiger partial charge in [-0.15, -0.1) is 0 Å². The summed E-state index contributed by atoms with van der Waals surface area (Å²) in [4.78, 5) is 32.1. The molecular formula is C18H25N3O2. The van der Waals surface area contributed by atoms with Crippen molar-refractivity contribution in [2.75, 3.05) is 5.32 Å². The Balaban J connectivity index is 2.15. The minimum atomic E-state index is -0.519. The van der Waals surface area contributed by atoms with Gasteiger partial charge < -0.3 is 5.32 Å². The van der Waals surface area contributed by atoms with E-state index in [0.29, 0.717) is 23.2 Å². The lowest BCUT2D eigenvalue weighted by Gasteiger charge is -2.26. The monoisotopic (exact) mass is 315 g/mol. The van der Waals surface area contributed by atoms with Gasteiger partial charge in [-0.05, 0) is 38.5 Å². The van der Waals surface area contributed by atoms with Crippen LogP contribution < -0.4 is 5.32 Å². The van der Waals surface area contributed by atoms with E-state index in [1.807, 2.05) is 20.8 Å². The number of hydrogen-bond acceptors (Lipinski definition) is 4. The van der Waals surface area contributed by atoms with Crippen LogP contribution in [0.5, 0.6) is 0 Å². The quantitative estimate of drug-likeness (QED) is 0.681. The predicted molar refractivity (Wildman–Crippen MR) is 92.3 cm³/mol. The van der Waals surface area contributed by atoms with E-state index in [9.17, 15) is 9.59 Å². The van der Waals surface area contributed by atoms with E-state index >= 15 is 0 Å². The Labute approximate surface area is 137 Å². The average Bonchev–Trinajstić information content (AvgIpc) is 2.54. The van der Waals surface area contributed by atoms with E-state index in [2.05, 4.69) is 22.0 Å². The molecule has 0 bridgehead atoms. The highest BCUT2D eigenvalue weighted by molar-refractivity contribution is 5.98. The molecule has 1 aliphatic rings. The fourth-order valence-corrected chi connectivity index (χ4v) is 2.78. The fraction of sp³-hybridized carbons (Fsp3) is 0.556. The Morgan fingerprint density at radius 3 is 2.52 bits per heavy atom. The number of hydrogen-bond donors (Lipinski definition) is 1. The Bertz CT molecular complexity index is 597. The van der Waals surface area contributed by atoms with Crippen LogP contribution in [0.1, 0.15) is 68.4 Å². The molecule has 0 saturated heterocycles. The van der Waals surface area contributed by atoms with Gasteiger partial charge in [0.2, 0.25) is 5.91 Å². The molecule has 1 amide bonds. The summed E-state index contributed by atoms with van der Waals surface area (Å²) in [5.74, 6) is 0.215. The highest BCUT2D eigenvalue weighted by atomic mass is 16.2. The molecule has 1 heterocycles. The molecule has 0 aliphatic heterocycles. The highest BCUT2D eigenvalue weighted by Crippen LogP contribution is 2.34. The molecule has 1 saturated carbocycles. The zero-order valence-corrected chi connectivity index (χ0v) is 14.1. The van der Waals surface area contributed by atoms with E-state index in [1.165, 1.54) is 0 Å². The number of nitrogens with one attached hydrogen (secondary N) is 1. The zero-order valence-electron chi connectivity index (χ0n) is 14.1. The van der Waals surface area contributed by atoms with Gasteiger partial charge >= 0.3 is 0 Å². The number of carbonyl (C=O) groups is 2. The lowest BCUT2D eigenvalue weighted by Crippen LogP contribution is -2.28. The van der Waals surface area contributed by atoms with Gasteiger partial charge in [0.15, 0.2) is 6.29 Å². The van der Waals surface area contributed by atoms with Crippen LogP contribution in [0.3, 0.4) is 0 Å². The smallest absolute Gasteiger partial charge is 0.229 e. The van der Waals surface area contributed by atoms with Gasteiger partial charge in [0.05, 0.1) is 11.9 Å². The second-order valence-electron chi connectivity index (χ2n) is 7.21. The first-order valence-electron chi connectivity index (χ1n) is 8.07. The summed E-state index contributed by atoms with van der Waals surface area (Å²) in [5.41, 5.74) is 1.36. The average molecular weight is 315 g/mol. The molecule has 2 rings (SSSR count). The van der Waals surface area contributed by atoms with Crippen molar-refractivity contribution < 1.29 is 9.59 Å². The maximum absolute atomic E-state index is 12.1. The minimum absolute atomic E-state index is 0.132. The lowest BCUT2D eigenvalue weighted by atomic mass is 9.84. The summed E-state index contributed by atoms with van der Waals surface area (Å²) in [6.45, 7) is 9.11. The van der Waals surface area contributed by atoms with E-state index in [1.54, 1.807) is 12.3 Å². The first-order chi connectivity index (χ1) is 10.8. The van der Waals surface area contributed by atoms with Crippen molar-refractivity contribution in [1.82, 2.24) is 4.98 Å². The Morgan fingerprint density at radius 1 is 1.35 bits per heavy atom. The summed E-state index contributed by atoms with van der Waals surface area (Å²) in [6.07, 6.45) is 6.40. The maximum atomic E-state index is 12.1. The van der Waals surface area contributed by atoms with Gasteiger partial charge in [-0.3, -0.25) is 19.6 Å². The van der Waals surface area contributed by atoms with Gasteiger partial charge in [-0.1, -0.05) is 20.8 Å². The van der Waals surface area contributed by atoms with Crippen molar-refractivity contribution in [3.8, 4) is 0 Å². The van der Waals surface area contributed by atoms with Crippen LogP contribution in [0.15, 0.2) is 17.3 Å². The van der Waals surface area contributed by atoms with Crippen LogP contribution in [0.4, 0.5) is 5.69 Å². The van der Waals surface area contributed by atoms with Gasteiger partial charge in [-0.2, -0.15) is 0 Å². The molecule has 1 fully saturated rings. The summed E-state index contributed by atoms with van der Waals surface area (Å²) >= 11 is 0. The van der Waals surface area contributed by atoms with Crippen molar-refractivity contribution in [3.05, 3.63) is 23.5 Å². The molecule has 23 heavy (non-hydrogen) atoms. The summed E-state index contributed by atoms with van der Waals surface area (Å²) in [6, 6.07) is 2.15. The number of aliphatic imine (C=N–C) groups is 1. The number of pyridine rings is 1. The molecule has 124 valence electrons. The topological polar surface area (TPSA) is 71.4 Å². The maximum Gasteiger partial charge on any atom is 0.229 e. The van der Waals surface area contributed by atoms with E-state index in [-0.39, 0.29) is 5.91 Å². The van der Waals surface area contributed by atoms with Crippen molar-refractivity contribution in [1.29, 1.82) is 0 Å². The molecule has 0 unspecified atom stereocenters. The zero-order chi connectivity index (χ0) is 17.0. The molecule has 1 aromatic heterocycles. The third kappa shape index (κ3) is 4.24. The standard InChI is InChI=1S/C18H25N3O2/c1-18(2,3)17(23)21-16-10-20-15(9-13(16)11-22)12-5-7-14(19-4)8-6-12/h9-12,14H,4-8H2,1-3H3,(H,21,23). The molecule has 1 aromatic rings. The number of carbonyl (C=O) groups excluding carboxylic acids is 2. The van der Waals surface area contributed by atoms with Gasteiger partial charge in [0.25, 0.3) is 0 Å². The Kier molecular flexibility index (Phi) is 5.29. The largest absolute Gasteiger partial charge is 0.324 e. The number of aromatic nitrogens is 1. The number of nitrogens with zero attached hydrogens (tertiary/aromatic N) is 2. The third-order valence-electron chi connectivity index (χ3n) is 4.39. The molecule has 1 N–H and O–H groups in total. The Hall–Kier alpha value is -2.04. The molecular weight excluding hydrogens is 290 g/mol. The van der Waals surface area contributed by atoms with Crippen molar-refractivity contribution in [2.45, 2.75) is 58.4 Å². The molecule has 5 heteroatoms. The molecule has 1 aliphatic carbocycles. The van der Waals surface area contributed by atoms with E-state index < -0.39 is 5.41 Å². The SMILES string of the molecule is C=NC1CCC(c2cc(C=O)c(NC(=O)C(C)(C)C)cn2)CC1.